The summed E-state index contributed by atoms with van der Waals surface area (Å²) in [5.74, 6) is -1.85. The quantitative estimate of drug-likeness (QED) is 0.185. The van der Waals surface area contributed by atoms with Gasteiger partial charge in [0.25, 0.3) is 5.91 Å². The molecule has 220 valence electrons. The van der Waals surface area contributed by atoms with Crippen molar-refractivity contribution >= 4 is 50.0 Å². The molecule has 12 nitrogen and oxygen atoms in total. The third kappa shape index (κ3) is 6.94. The van der Waals surface area contributed by atoms with E-state index >= 15 is 0 Å². The van der Waals surface area contributed by atoms with Crippen LogP contribution in [0.1, 0.15) is 28.7 Å². The van der Waals surface area contributed by atoms with Gasteiger partial charge in [-0.05, 0) is 53.9 Å². The number of carbonyl (C=O) groups is 2. The van der Waals surface area contributed by atoms with E-state index < -0.39 is 35.0 Å². The first kappa shape index (κ1) is 30.0. The molecule has 0 atom stereocenters. The summed E-state index contributed by atoms with van der Waals surface area (Å²) in [5, 5.41) is 26.0. The van der Waals surface area contributed by atoms with Gasteiger partial charge in [0.1, 0.15) is 6.54 Å². The van der Waals surface area contributed by atoms with Crippen molar-refractivity contribution in [3.63, 3.8) is 0 Å². The molecular formula is C28H24ClN7O5S2. The molecule has 2 aromatic heterocycles. The summed E-state index contributed by atoms with van der Waals surface area (Å²) in [6.45, 7) is 0.859. The molecule has 0 aliphatic heterocycles. The molecule has 0 saturated carbocycles. The lowest BCUT2D eigenvalue weighted by Crippen LogP contribution is -2.35. The molecule has 43 heavy (non-hydrogen) atoms. The van der Waals surface area contributed by atoms with Crippen LogP contribution in [0.3, 0.4) is 0 Å². The fraction of sp³-hybridized carbons (Fsp3) is 0.143. The van der Waals surface area contributed by atoms with Gasteiger partial charge in [0.2, 0.25) is 10.0 Å². The molecule has 0 unspecified atom stereocenters. The van der Waals surface area contributed by atoms with Crippen molar-refractivity contribution < 1.29 is 23.1 Å². The molecule has 0 aliphatic rings. The maximum atomic E-state index is 13.2. The number of aromatic amines is 1. The number of sulfonamides is 1. The molecule has 0 aliphatic carbocycles. The Kier molecular flexibility index (Phi) is 8.92. The number of hydrogen-bond donors (Lipinski definition) is 3. The van der Waals surface area contributed by atoms with E-state index in [1.165, 1.54) is 41.2 Å². The number of carboxylic acids is 1. The molecule has 0 bridgehead atoms. The largest absolute Gasteiger partial charge is 0.480 e. The van der Waals surface area contributed by atoms with E-state index in [4.69, 9.17) is 16.6 Å². The van der Waals surface area contributed by atoms with Gasteiger partial charge in [0.05, 0.1) is 22.0 Å². The summed E-state index contributed by atoms with van der Waals surface area (Å²) in [4.78, 5) is 29.9. The van der Waals surface area contributed by atoms with Gasteiger partial charge in [-0.3, -0.25) is 14.9 Å². The lowest BCUT2D eigenvalue weighted by molar-refractivity contribution is -0.137. The number of halogens is 1. The smallest absolute Gasteiger partial charge is 0.318 e. The Balaban J connectivity index is 1.39. The summed E-state index contributed by atoms with van der Waals surface area (Å²) in [6.07, 6.45) is 0.908. The number of aliphatic carboxylic acids is 1. The molecule has 0 fully saturated rings. The van der Waals surface area contributed by atoms with Gasteiger partial charge in [-0.1, -0.05) is 71.5 Å². The number of rotatable bonds is 11. The van der Waals surface area contributed by atoms with E-state index in [-0.39, 0.29) is 16.3 Å². The fourth-order valence-corrected chi connectivity index (χ4v) is 6.60. The number of nitrogens with one attached hydrogen (secondary N) is 2. The second kappa shape index (κ2) is 12.8. The van der Waals surface area contributed by atoms with E-state index in [9.17, 15) is 23.1 Å². The third-order valence-corrected chi connectivity index (χ3v) is 9.44. The number of carboxylic acid groups (broad SMARTS) is 1. The van der Waals surface area contributed by atoms with E-state index in [0.29, 0.717) is 20.2 Å². The highest BCUT2D eigenvalue weighted by atomic mass is 35.5. The number of amides is 1. The van der Waals surface area contributed by atoms with Gasteiger partial charge in [-0.25, -0.2) is 13.4 Å². The molecule has 5 aromatic rings. The van der Waals surface area contributed by atoms with E-state index in [0.717, 1.165) is 22.4 Å². The maximum absolute atomic E-state index is 13.2. The van der Waals surface area contributed by atoms with Crippen LogP contribution >= 0.6 is 22.9 Å². The Morgan fingerprint density at radius 1 is 1.00 bits per heavy atom. The topological polar surface area (TPSA) is 171 Å². The minimum Gasteiger partial charge on any atom is -0.480 e. The zero-order valence-electron chi connectivity index (χ0n) is 22.6. The van der Waals surface area contributed by atoms with E-state index in [2.05, 4.69) is 32.9 Å². The molecule has 1 amide bonds. The van der Waals surface area contributed by atoms with Crippen molar-refractivity contribution in [2.45, 2.75) is 24.8 Å². The number of aryl methyl sites for hydroxylation is 1. The van der Waals surface area contributed by atoms with E-state index in [1.807, 2.05) is 36.4 Å². The second-order valence-electron chi connectivity index (χ2n) is 9.23. The van der Waals surface area contributed by atoms with Crippen LogP contribution in [-0.2, 0) is 27.8 Å². The molecule has 0 saturated heterocycles. The first-order valence-electron chi connectivity index (χ1n) is 12.9. The second-order valence-corrected chi connectivity index (χ2v) is 12.6. The van der Waals surface area contributed by atoms with Gasteiger partial charge in [-0.15, -0.1) is 10.2 Å². The zero-order chi connectivity index (χ0) is 30.6. The van der Waals surface area contributed by atoms with Crippen molar-refractivity contribution in [1.29, 1.82) is 0 Å². The van der Waals surface area contributed by atoms with Crippen LogP contribution in [0, 0.1) is 0 Å². The minimum absolute atomic E-state index is 0.00270. The standard InChI is InChI=1S/C28H24ClN7O5S2/c1-2-17-3-5-19(6-4-17)26-25(18-7-11-21(29)12-8-18)30-28(42-26)31-27(39)20-9-13-22(14-10-20)43(40,41)36(16-24(37)38)15-23-32-34-35-33-23/h3-14H,2,15-16H2,1H3,(H,37,38)(H,30,31,39)(H,32,33,34,35). The molecule has 3 N–H and O–H groups in total. The average molecular weight is 638 g/mol. The highest BCUT2D eigenvalue weighted by Crippen LogP contribution is 2.39. The summed E-state index contributed by atoms with van der Waals surface area (Å²) in [7, 11) is -4.27. The Hall–Kier alpha value is -4.50. The van der Waals surface area contributed by atoms with Gasteiger partial charge >= 0.3 is 5.97 Å². The normalized spacial score (nSPS) is 11.5. The van der Waals surface area contributed by atoms with E-state index in [1.54, 1.807) is 12.1 Å². The van der Waals surface area contributed by atoms with Crippen molar-refractivity contribution in [3.05, 3.63) is 94.8 Å². The van der Waals surface area contributed by atoms with Crippen LogP contribution in [0.4, 0.5) is 5.13 Å². The summed E-state index contributed by atoms with van der Waals surface area (Å²) in [5.41, 5.74) is 3.83. The van der Waals surface area contributed by atoms with Crippen LogP contribution < -0.4 is 5.32 Å². The monoisotopic (exact) mass is 637 g/mol. The first-order valence-corrected chi connectivity index (χ1v) is 15.5. The molecule has 5 rings (SSSR count). The van der Waals surface area contributed by atoms with Crippen LogP contribution in [-0.4, -0.2) is 61.9 Å². The van der Waals surface area contributed by atoms with Gasteiger partial charge in [-0.2, -0.15) is 9.52 Å². The third-order valence-electron chi connectivity index (χ3n) is 6.36. The number of H-pyrrole nitrogens is 1. The Morgan fingerprint density at radius 2 is 1.67 bits per heavy atom. The molecule has 0 spiro atoms. The Morgan fingerprint density at radius 3 is 2.28 bits per heavy atom. The predicted molar refractivity (Wildman–Crippen MR) is 161 cm³/mol. The number of hydrogen-bond acceptors (Lipinski definition) is 9. The van der Waals surface area contributed by atoms with Gasteiger partial charge in [0, 0.05) is 16.1 Å². The van der Waals surface area contributed by atoms with Crippen LogP contribution in [0.25, 0.3) is 21.7 Å². The number of anilines is 1. The highest BCUT2D eigenvalue weighted by molar-refractivity contribution is 7.89. The molecule has 3 aromatic carbocycles. The summed E-state index contributed by atoms with van der Waals surface area (Å²) >= 11 is 7.40. The van der Waals surface area contributed by atoms with Crippen molar-refractivity contribution in [2.75, 3.05) is 11.9 Å². The number of thiazole rings is 1. The molecule has 0 radical (unpaired) electrons. The van der Waals surface area contributed by atoms with Crippen LogP contribution in [0.5, 0.6) is 0 Å². The van der Waals surface area contributed by atoms with Gasteiger partial charge < -0.3 is 5.11 Å². The van der Waals surface area contributed by atoms with Crippen LogP contribution in [0.15, 0.2) is 77.7 Å². The first-order chi connectivity index (χ1) is 20.6. The summed E-state index contributed by atoms with van der Waals surface area (Å²) in [6, 6.07) is 20.5. The number of aromatic nitrogens is 5. The highest BCUT2D eigenvalue weighted by Gasteiger charge is 2.28. The lowest BCUT2D eigenvalue weighted by Gasteiger charge is -2.18. The number of nitrogens with zero attached hydrogens (tertiary/aromatic N) is 5. The fourth-order valence-electron chi connectivity index (χ4n) is 4.15. The minimum atomic E-state index is -4.27. The average Bonchev–Trinajstić information content (AvgIpc) is 3.67. The van der Waals surface area contributed by atoms with Crippen LogP contribution in [0.2, 0.25) is 5.02 Å². The Labute approximate surface area is 255 Å². The van der Waals surface area contributed by atoms with Crippen molar-refractivity contribution in [1.82, 2.24) is 29.9 Å². The molecule has 2 heterocycles. The SMILES string of the molecule is CCc1ccc(-c2sc(NC(=O)c3ccc(S(=O)(=O)N(CC(=O)O)Cc4nn[nH]n4)cc3)nc2-c2ccc(Cl)cc2)cc1. The van der Waals surface area contributed by atoms with Crippen molar-refractivity contribution in [3.8, 4) is 21.7 Å². The number of carbonyl (C=O) groups excluding carboxylic acids is 1. The Bertz CT molecular complexity index is 1840. The number of benzene rings is 3. The molecule has 15 heteroatoms. The lowest BCUT2D eigenvalue weighted by atomic mass is 10.0. The van der Waals surface area contributed by atoms with Crippen molar-refractivity contribution in [2.24, 2.45) is 0 Å². The van der Waals surface area contributed by atoms with Gasteiger partial charge in [0.15, 0.2) is 11.0 Å². The molecular weight excluding hydrogens is 614 g/mol. The predicted octanol–water partition coefficient (Wildman–Crippen LogP) is 4.73. The summed E-state index contributed by atoms with van der Waals surface area (Å²) < 4.78 is 27.1. The number of tetrazole rings is 1. The maximum Gasteiger partial charge on any atom is 0.318 e. The zero-order valence-corrected chi connectivity index (χ0v) is 24.9.